The highest BCUT2D eigenvalue weighted by Crippen LogP contribution is 2.40. The maximum absolute atomic E-state index is 12.4. The summed E-state index contributed by atoms with van der Waals surface area (Å²) in [5, 5.41) is 12.9. The van der Waals surface area contributed by atoms with E-state index in [0.29, 0.717) is 32.6 Å². The molecule has 0 bridgehead atoms. The van der Waals surface area contributed by atoms with Crippen LogP contribution in [0.1, 0.15) is 29.9 Å². The Kier molecular flexibility index (Phi) is 3.68. The second-order valence-corrected chi connectivity index (χ2v) is 6.45. The summed E-state index contributed by atoms with van der Waals surface area (Å²) >= 11 is 0. The Hall–Kier alpha value is -1.89. The first-order valence-corrected chi connectivity index (χ1v) is 7.52. The molecule has 3 rings (SSSR count). The van der Waals surface area contributed by atoms with Crippen molar-refractivity contribution in [3.8, 4) is 0 Å². The molecule has 1 N–H and O–H groups in total. The summed E-state index contributed by atoms with van der Waals surface area (Å²) in [4.78, 5) is 27.5. The number of likely N-dealkylation sites (tertiary alicyclic amines) is 2. The van der Waals surface area contributed by atoms with E-state index in [1.807, 2.05) is 18.7 Å². The first kappa shape index (κ1) is 15.0. The number of nitrogens with zero attached hydrogens (tertiary/aromatic N) is 3. The number of carbonyl (C=O) groups excluding carboxylic acids is 2. The van der Waals surface area contributed by atoms with Crippen LogP contribution in [0.5, 0.6) is 0 Å². The van der Waals surface area contributed by atoms with Crippen molar-refractivity contribution in [3.63, 3.8) is 0 Å². The number of aryl methyl sites for hydroxylation is 2. The van der Waals surface area contributed by atoms with Crippen LogP contribution >= 0.6 is 0 Å². The number of hydrogen-bond acceptors (Lipinski definition) is 5. The van der Waals surface area contributed by atoms with E-state index >= 15 is 0 Å². The zero-order chi connectivity index (χ0) is 15.9. The molecule has 1 unspecified atom stereocenters. The van der Waals surface area contributed by atoms with Crippen molar-refractivity contribution in [1.82, 2.24) is 15.0 Å². The van der Waals surface area contributed by atoms with Gasteiger partial charge in [0.1, 0.15) is 12.4 Å². The third-order valence-corrected chi connectivity index (χ3v) is 4.86. The summed E-state index contributed by atoms with van der Waals surface area (Å²) in [6.07, 6.45) is 1.27. The summed E-state index contributed by atoms with van der Waals surface area (Å²) in [5.41, 5.74) is 1.61. The largest absolute Gasteiger partial charge is 0.387 e. The van der Waals surface area contributed by atoms with Gasteiger partial charge in [0, 0.05) is 37.0 Å². The molecule has 1 atom stereocenters. The molecule has 2 aliphatic heterocycles. The molecule has 0 aliphatic carbocycles. The molecule has 1 spiro atoms. The maximum atomic E-state index is 12.4. The van der Waals surface area contributed by atoms with Crippen LogP contribution in [0.25, 0.3) is 0 Å². The van der Waals surface area contributed by atoms with Gasteiger partial charge in [-0.2, -0.15) is 0 Å². The average Bonchev–Trinajstić information content (AvgIpc) is 3.13. The van der Waals surface area contributed by atoms with Gasteiger partial charge in [0.25, 0.3) is 0 Å². The lowest BCUT2D eigenvalue weighted by Gasteiger charge is -2.24. The quantitative estimate of drug-likeness (QED) is 0.864. The molecule has 3 heterocycles. The number of aliphatic hydroxyl groups is 1. The van der Waals surface area contributed by atoms with Gasteiger partial charge in [-0.1, -0.05) is 5.16 Å². The Morgan fingerprint density at radius 2 is 2.18 bits per heavy atom. The Bertz CT molecular complexity index is 592. The van der Waals surface area contributed by atoms with Gasteiger partial charge < -0.3 is 19.4 Å². The summed E-state index contributed by atoms with van der Waals surface area (Å²) in [6.45, 7) is 5.58. The minimum absolute atomic E-state index is 0.110. The van der Waals surface area contributed by atoms with E-state index in [0.717, 1.165) is 23.4 Å². The molecular formula is C15H21N3O4. The van der Waals surface area contributed by atoms with Crippen molar-refractivity contribution >= 4 is 11.8 Å². The van der Waals surface area contributed by atoms with E-state index in [1.54, 1.807) is 4.90 Å². The van der Waals surface area contributed by atoms with Crippen LogP contribution in [0.2, 0.25) is 0 Å². The highest BCUT2D eigenvalue weighted by atomic mass is 16.5. The molecule has 2 saturated heterocycles. The van der Waals surface area contributed by atoms with E-state index in [1.165, 1.54) is 0 Å². The number of aromatic nitrogens is 1. The average molecular weight is 307 g/mol. The molecule has 120 valence electrons. The fourth-order valence-electron chi connectivity index (χ4n) is 3.57. The van der Waals surface area contributed by atoms with Gasteiger partial charge in [0.15, 0.2) is 0 Å². The second kappa shape index (κ2) is 5.39. The predicted octanol–water partition coefficient (Wildman–Crippen LogP) is 0.235. The Morgan fingerprint density at radius 3 is 2.82 bits per heavy atom. The number of carbonyl (C=O) groups is 2. The highest BCUT2D eigenvalue weighted by Gasteiger charge is 2.48. The Morgan fingerprint density at radius 1 is 1.41 bits per heavy atom. The van der Waals surface area contributed by atoms with Crippen molar-refractivity contribution in [3.05, 3.63) is 17.0 Å². The van der Waals surface area contributed by atoms with Gasteiger partial charge in [-0.05, 0) is 20.3 Å². The molecule has 1 aromatic heterocycles. The fraction of sp³-hybridized carbons (Fsp3) is 0.667. The lowest BCUT2D eigenvalue weighted by atomic mass is 9.86. The van der Waals surface area contributed by atoms with E-state index in [9.17, 15) is 9.59 Å². The van der Waals surface area contributed by atoms with Crippen LogP contribution in [0.15, 0.2) is 4.52 Å². The second-order valence-electron chi connectivity index (χ2n) is 6.45. The molecule has 1 aromatic rings. The van der Waals surface area contributed by atoms with Gasteiger partial charge in [0.05, 0.1) is 12.2 Å². The van der Waals surface area contributed by atoms with Crippen molar-refractivity contribution in [2.24, 2.45) is 5.41 Å². The third kappa shape index (κ3) is 2.49. The van der Waals surface area contributed by atoms with Crippen LogP contribution in [-0.4, -0.2) is 58.1 Å². The third-order valence-electron chi connectivity index (χ3n) is 4.86. The Balaban J connectivity index is 1.70. The van der Waals surface area contributed by atoms with Crippen LogP contribution in [0.4, 0.5) is 0 Å². The number of hydrogen-bond donors (Lipinski definition) is 1. The van der Waals surface area contributed by atoms with Crippen LogP contribution in [0, 0.1) is 19.3 Å². The first-order valence-electron chi connectivity index (χ1n) is 7.52. The molecule has 7 nitrogen and oxygen atoms in total. The molecule has 2 fully saturated rings. The topological polar surface area (TPSA) is 86.9 Å². The molecule has 7 heteroatoms. The van der Waals surface area contributed by atoms with Gasteiger partial charge in [-0.3, -0.25) is 9.59 Å². The SMILES string of the molecule is Cc1noc(C)c1CN1CC2(CCN(C(=O)CO)C2)CC1=O. The first-order chi connectivity index (χ1) is 10.4. The predicted molar refractivity (Wildman–Crippen MR) is 76.7 cm³/mol. The minimum Gasteiger partial charge on any atom is -0.387 e. The smallest absolute Gasteiger partial charge is 0.248 e. The van der Waals surface area contributed by atoms with Gasteiger partial charge in [0.2, 0.25) is 11.8 Å². The fourth-order valence-corrected chi connectivity index (χ4v) is 3.57. The zero-order valence-corrected chi connectivity index (χ0v) is 13.0. The Labute approximate surface area is 128 Å². The summed E-state index contributed by atoms with van der Waals surface area (Å²) < 4.78 is 5.15. The van der Waals surface area contributed by atoms with E-state index in [4.69, 9.17) is 9.63 Å². The van der Waals surface area contributed by atoms with Gasteiger partial charge >= 0.3 is 0 Å². The summed E-state index contributed by atoms with van der Waals surface area (Å²) in [7, 11) is 0. The van der Waals surface area contributed by atoms with Crippen LogP contribution in [0.3, 0.4) is 0 Å². The molecule has 0 saturated carbocycles. The monoisotopic (exact) mass is 307 g/mol. The van der Waals surface area contributed by atoms with E-state index < -0.39 is 6.61 Å². The van der Waals surface area contributed by atoms with Crippen molar-refractivity contribution < 1.29 is 19.2 Å². The zero-order valence-electron chi connectivity index (χ0n) is 13.0. The van der Waals surface area contributed by atoms with Crippen molar-refractivity contribution in [2.45, 2.75) is 33.2 Å². The highest BCUT2D eigenvalue weighted by molar-refractivity contribution is 5.81. The van der Waals surface area contributed by atoms with Crippen molar-refractivity contribution in [1.29, 1.82) is 0 Å². The number of rotatable bonds is 3. The normalized spacial score (nSPS) is 24.8. The maximum Gasteiger partial charge on any atom is 0.248 e. The molecule has 22 heavy (non-hydrogen) atoms. The lowest BCUT2D eigenvalue weighted by Crippen LogP contribution is -2.35. The van der Waals surface area contributed by atoms with Crippen LogP contribution < -0.4 is 0 Å². The molecule has 0 aromatic carbocycles. The van der Waals surface area contributed by atoms with Gasteiger partial charge in [-0.25, -0.2) is 0 Å². The molecule has 0 radical (unpaired) electrons. The van der Waals surface area contributed by atoms with Crippen LogP contribution in [-0.2, 0) is 16.1 Å². The van der Waals surface area contributed by atoms with E-state index in [-0.39, 0.29) is 17.2 Å². The number of amides is 2. The summed E-state index contributed by atoms with van der Waals surface area (Å²) in [5.74, 6) is 0.599. The number of aliphatic hydroxyl groups excluding tert-OH is 1. The minimum atomic E-state index is -0.465. The molecular weight excluding hydrogens is 286 g/mol. The van der Waals surface area contributed by atoms with E-state index in [2.05, 4.69) is 5.16 Å². The summed E-state index contributed by atoms with van der Waals surface area (Å²) in [6, 6.07) is 0. The molecule has 2 amide bonds. The van der Waals surface area contributed by atoms with Crippen molar-refractivity contribution in [2.75, 3.05) is 26.2 Å². The standard InChI is InChI=1S/C15H21N3O4/c1-10-12(11(2)22-16-10)6-18-9-15(5-13(18)20)3-4-17(8-15)14(21)7-19/h19H,3-9H2,1-2H3. The molecule has 2 aliphatic rings. The van der Waals surface area contributed by atoms with Gasteiger partial charge in [-0.15, -0.1) is 0 Å². The lowest BCUT2D eigenvalue weighted by molar-refractivity contribution is -0.133.